The smallest absolute Gasteiger partial charge is 0.261 e. The number of hydrogen-bond acceptors (Lipinski definition) is 7. The third-order valence-electron chi connectivity index (χ3n) is 8.42. The number of nitrogens with zero attached hydrogens (tertiary/aromatic N) is 2. The molecule has 9 nitrogen and oxygen atoms in total. The fourth-order valence-corrected chi connectivity index (χ4v) is 6.59. The highest BCUT2D eigenvalue weighted by molar-refractivity contribution is 6.41. The van der Waals surface area contributed by atoms with Crippen molar-refractivity contribution in [1.29, 1.82) is 0 Å². The average molecular weight is 549 g/mol. The van der Waals surface area contributed by atoms with Crippen molar-refractivity contribution in [2.45, 2.75) is 12.8 Å². The molecule has 0 bridgehead atoms. The van der Waals surface area contributed by atoms with E-state index in [0.717, 1.165) is 50.2 Å². The maximum atomic E-state index is 13.6. The molecule has 9 heteroatoms. The molecule has 2 aliphatic rings. The second-order valence-electron chi connectivity index (χ2n) is 10.6. The van der Waals surface area contributed by atoms with Crippen LogP contribution < -0.4 is 11.1 Å². The first-order valence-corrected chi connectivity index (χ1v) is 13.9. The van der Waals surface area contributed by atoms with Gasteiger partial charge in [-0.05, 0) is 89.1 Å². The molecule has 2 heterocycles. The molecule has 7 rings (SSSR count). The molecule has 5 aromatic rings. The van der Waals surface area contributed by atoms with E-state index in [1.807, 2.05) is 24.3 Å². The fraction of sp³-hybridized carbons (Fsp3) is 0.250. The number of amides is 4. The summed E-state index contributed by atoms with van der Waals surface area (Å²) in [4.78, 5) is 56.1. The summed E-state index contributed by atoms with van der Waals surface area (Å²) in [7, 11) is 0. The van der Waals surface area contributed by atoms with Crippen molar-refractivity contribution in [3.8, 4) is 0 Å². The van der Waals surface area contributed by atoms with Crippen molar-refractivity contribution in [2.24, 2.45) is 5.73 Å². The second kappa shape index (κ2) is 9.59. The Kier molecular flexibility index (Phi) is 5.97. The van der Waals surface area contributed by atoms with Gasteiger partial charge in [0.15, 0.2) is 0 Å². The molecule has 206 valence electrons. The number of aliphatic hydroxyl groups is 1. The summed E-state index contributed by atoms with van der Waals surface area (Å²) in [6.07, 6.45) is 1.51. The lowest BCUT2D eigenvalue weighted by molar-refractivity contribution is 0.0574. The number of rotatable bonds is 9. The second-order valence-corrected chi connectivity index (χ2v) is 10.6. The van der Waals surface area contributed by atoms with Gasteiger partial charge in [0.05, 0.1) is 13.2 Å². The third-order valence-corrected chi connectivity index (χ3v) is 8.42. The lowest BCUT2D eigenvalue weighted by atomic mass is 9.82. The monoisotopic (exact) mass is 548 g/mol. The summed E-state index contributed by atoms with van der Waals surface area (Å²) < 4.78 is 0. The highest BCUT2D eigenvalue weighted by Gasteiger charge is 2.36. The molecule has 0 unspecified atom stereocenters. The van der Waals surface area contributed by atoms with Gasteiger partial charge in [-0.25, -0.2) is 0 Å². The summed E-state index contributed by atoms with van der Waals surface area (Å²) >= 11 is 0. The summed E-state index contributed by atoms with van der Waals surface area (Å²) in [6, 6.07) is 14.6. The van der Waals surface area contributed by atoms with E-state index < -0.39 is 11.8 Å². The fourth-order valence-electron chi connectivity index (χ4n) is 6.59. The van der Waals surface area contributed by atoms with E-state index in [0.29, 0.717) is 59.1 Å². The first-order chi connectivity index (χ1) is 20.0. The average Bonchev–Trinajstić information content (AvgIpc) is 2.99. The van der Waals surface area contributed by atoms with Crippen LogP contribution in [0.25, 0.3) is 43.1 Å². The highest BCUT2D eigenvalue weighted by Crippen LogP contribution is 2.46. The van der Waals surface area contributed by atoms with Gasteiger partial charge in [0.2, 0.25) is 0 Å². The van der Waals surface area contributed by atoms with Crippen molar-refractivity contribution in [2.75, 3.05) is 39.3 Å². The van der Waals surface area contributed by atoms with Gasteiger partial charge in [-0.3, -0.25) is 29.0 Å². The molecule has 4 amide bonds. The van der Waals surface area contributed by atoms with E-state index >= 15 is 0 Å². The molecule has 0 saturated heterocycles. The molecule has 0 saturated carbocycles. The normalized spacial score (nSPS) is 15.1. The summed E-state index contributed by atoms with van der Waals surface area (Å²) in [6.45, 7) is 2.03. The van der Waals surface area contributed by atoms with Crippen molar-refractivity contribution in [3.05, 3.63) is 70.8 Å². The molecule has 41 heavy (non-hydrogen) atoms. The number of nitrogens with two attached hydrogens (primary N) is 1. The minimum Gasteiger partial charge on any atom is -0.395 e. The number of aliphatic hydroxyl groups excluding tert-OH is 1. The number of benzene rings is 5. The zero-order valence-corrected chi connectivity index (χ0v) is 22.3. The maximum absolute atomic E-state index is 13.6. The zero-order valence-electron chi connectivity index (χ0n) is 22.3. The van der Waals surface area contributed by atoms with Crippen LogP contribution in [0.4, 0.5) is 0 Å². The van der Waals surface area contributed by atoms with Crippen molar-refractivity contribution in [3.63, 3.8) is 0 Å². The van der Waals surface area contributed by atoms with E-state index in [4.69, 9.17) is 5.73 Å². The molecule has 2 aliphatic heterocycles. The van der Waals surface area contributed by atoms with E-state index in [1.54, 1.807) is 24.3 Å². The number of nitrogens with one attached hydrogen (secondary N) is 1. The molecule has 0 spiro atoms. The first-order valence-electron chi connectivity index (χ1n) is 13.9. The number of carbonyl (C=O) groups is 4. The Morgan fingerprint density at radius 2 is 0.951 bits per heavy atom. The Hall–Kier alpha value is -4.44. The van der Waals surface area contributed by atoms with Crippen LogP contribution in [0, 0.1) is 0 Å². The van der Waals surface area contributed by atoms with E-state index in [1.165, 1.54) is 4.90 Å². The van der Waals surface area contributed by atoms with E-state index in [-0.39, 0.29) is 25.0 Å². The van der Waals surface area contributed by atoms with Gasteiger partial charge >= 0.3 is 0 Å². The van der Waals surface area contributed by atoms with E-state index in [2.05, 4.69) is 5.32 Å². The number of hydrogen-bond donors (Lipinski definition) is 3. The van der Waals surface area contributed by atoms with Crippen LogP contribution in [0.1, 0.15) is 54.3 Å². The number of imide groups is 2. The molecule has 0 aliphatic carbocycles. The summed E-state index contributed by atoms with van der Waals surface area (Å²) in [5.41, 5.74) is 7.36. The number of β-amino-alcohol motifs (C(OH)–C–C–N with tert-alkyl or cyclic N) is 1. The first kappa shape index (κ1) is 25.5. The van der Waals surface area contributed by atoms with E-state index in [9.17, 15) is 24.3 Å². The van der Waals surface area contributed by atoms with Crippen LogP contribution in [-0.4, -0.2) is 77.9 Å². The van der Waals surface area contributed by atoms with Gasteiger partial charge in [0.25, 0.3) is 23.6 Å². The zero-order chi connectivity index (χ0) is 28.4. The van der Waals surface area contributed by atoms with Crippen LogP contribution >= 0.6 is 0 Å². The molecule has 4 N–H and O–H groups in total. The minimum absolute atomic E-state index is 0.0698. The minimum atomic E-state index is -0.429. The van der Waals surface area contributed by atoms with Gasteiger partial charge in [0.1, 0.15) is 0 Å². The number of fused-ring (bicyclic) bond motifs is 2. The predicted molar refractivity (Wildman–Crippen MR) is 157 cm³/mol. The Morgan fingerprint density at radius 3 is 1.34 bits per heavy atom. The Labute approximate surface area is 234 Å². The molecule has 0 aromatic heterocycles. The topological polar surface area (TPSA) is 133 Å². The highest BCUT2D eigenvalue weighted by atomic mass is 16.3. The van der Waals surface area contributed by atoms with Crippen LogP contribution in [0.3, 0.4) is 0 Å². The maximum Gasteiger partial charge on any atom is 0.261 e. The lowest BCUT2D eigenvalue weighted by Gasteiger charge is -2.30. The number of carbonyl (C=O) groups excluding carboxylic acids is 4. The Bertz CT molecular complexity index is 1830. The molecule has 5 aromatic carbocycles. The summed E-state index contributed by atoms with van der Waals surface area (Å²) in [5.74, 6) is -1.46. The Balaban J connectivity index is 1.39. The van der Waals surface area contributed by atoms with Crippen molar-refractivity contribution < 1.29 is 24.3 Å². The van der Waals surface area contributed by atoms with Crippen molar-refractivity contribution >= 4 is 66.7 Å². The lowest BCUT2D eigenvalue weighted by Crippen LogP contribution is -2.42. The van der Waals surface area contributed by atoms with Crippen LogP contribution in [0.5, 0.6) is 0 Å². The molecule has 0 fully saturated rings. The molecule has 0 atom stereocenters. The summed E-state index contributed by atoms with van der Waals surface area (Å²) in [5, 5.41) is 19.0. The quantitative estimate of drug-likeness (QED) is 0.111. The van der Waals surface area contributed by atoms with Crippen LogP contribution in [-0.2, 0) is 0 Å². The SMILES string of the molecule is NCCCNCCCN1C(=O)c2ccc3c4ccc5c6c(ccc(c7ccc(c2c37)C1=O)c64)C(=O)N(CCO)C5=O. The molecular formula is C32H28N4O5. The predicted octanol–water partition coefficient (Wildman–Crippen LogP) is 3.25. The van der Waals surface area contributed by atoms with Gasteiger partial charge in [-0.2, -0.15) is 0 Å². The van der Waals surface area contributed by atoms with Gasteiger partial charge in [-0.15, -0.1) is 0 Å². The van der Waals surface area contributed by atoms with Crippen molar-refractivity contribution in [1.82, 2.24) is 15.1 Å². The third kappa shape index (κ3) is 3.53. The van der Waals surface area contributed by atoms with Gasteiger partial charge in [0, 0.05) is 39.6 Å². The molecular weight excluding hydrogens is 520 g/mol. The largest absolute Gasteiger partial charge is 0.395 e. The Morgan fingerprint density at radius 1 is 0.561 bits per heavy atom. The standard InChI is InChI=1S/C32H28N4O5/c33-11-1-12-34-13-2-14-35-29(38)21-7-3-17-19-5-9-23-28-24(32(41)36(15-16-37)31(23)40)10-6-20(26(19)28)18-4-8-22(30(35)39)27(21)25(17)18/h3-10,34,37H,1-2,11-16,33H2. The van der Waals surface area contributed by atoms with Crippen LogP contribution in [0.15, 0.2) is 48.5 Å². The molecule has 0 radical (unpaired) electrons. The van der Waals surface area contributed by atoms with Gasteiger partial charge < -0.3 is 16.2 Å². The van der Waals surface area contributed by atoms with Gasteiger partial charge in [-0.1, -0.05) is 24.3 Å². The van der Waals surface area contributed by atoms with Crippen LogP contribution in [0.2, 0.25) is 0 Å².